The normalized spacial score (nSPS) is 28.0. The SMILES string of the molecule is CCC(OC(C)(C)C)N1CCN(CC2COCC2C)C1=N[N+](=O)[O-]. The van der Waals surface area contributed by atoms with Gasteiger partial charge in [0, 0.05) is 32.2 Å². The number of guanidine groups is 1. The number of hydrogen-bond donors (Lipinski definition) is 0. The van der Waals surface area contributed by atoms with E-state index in [-0.39, 0.29) is 11.8 Å². The standard InChI is InChI=1S/C16H30N4O4/c1-6-14(24-16(3,4)5)19-8-7-18(15(19)17-20(21)22)9-13-11-23-10-12(13)2/h12-14H,6-11H2,1-5H3. The van der Waals surface area contributed by atoms with Gasteiger partial charge >= 0.3 is 0 Å². The fourth-order valence-corrected chi connectivity index (χ4v) is 3.25. The van der Waals surface area contributed by atoms with E-state index < -0.39 is 5.03 Å². The van der Waals surface area contributed by atoms with Crippen LogP contribution in [0.5, 0.6) is 0 Å². The summed E-state index contributed by atoms with van der Waals surface area (Å²) >= 11 is 0. The third kappa shape index (κ3) is 4.80. The molecule has 2 aliphatic rings. The Morgan fingerprint density at radius 1 is 1.42 bits per heavy atom. The second kappa shape index (κ2) is 7.65. The third-order valence-corrected chi connectivity index (χ3v) is 4.48. The zero-order chi connectivity index (χ0) is 17.9. The van der Waals surface area contributed by atoms with E-state index in [1.54, 1.807) is 0 Å². The number of hydrazone groups is 1. The van der Waals surface area contributed by atoms with Crippen LogP contribution in [-0.2, 0) is 9.47 Å². The van der Waals surface area contributed by atoms with Crippen molar-refractivity contribution in [3.63, 3.8) is 0 Å². The highest BCUT2D eigenvalue weighted by molar-refractivity contribution is 5.81. The molecule has 3 atom stereocenters. The summed E-state index contributed by atoms with van der Waals surface area (Å²) in [6.45, 7) is 13.8. The molecule has 2 rings (SSSR count). The van der Waals surface area contributed by atoms with Crippen LogP contribution in [0.4, 0.5) is 0 Å². The summed E-state index contributed by atoms with van der Waals surface area (Å²) in [5.74, 6) is 1.25. The Kier molecular flexibility index (Phi) is 6.03. The molecule has 0 aromatic rings. The predicted octanol–water partition coefficient (Wildman–Crippen LogP) is 1.99. The molecule has 0 radical (unpaired) electrons. The smallest absolute Gasteiger partial charge is 0.276 e. The summed E-state index contributed by atoms with van der Waals surface area (Å²) < 4.78 is 11.6. The van der Waals surface area contributed by atoms with Crippen LogP contribution < -0.4 is 0 Å². The molecule has 0 aliphatic carbocycles. The van der Waals surface area contributed by atoms with E-state index in [2.05, 4.69) is 12.0 Å². The summed E-state index contributed by atoms with van der Waals surface area (Å²) in [6, 6.07) is 0. The number of hydrogen-bond acceptors (Lipinski definition) is 4. The molecule has 8 heteroatoms. The lowest BCUT2D eigenvalue weighted by Crippen LogP contribution is -2.46. The monoisotopic (exact) mass is 342 g/mol. The van der Waals surface area contributed by atoms with Crippen LogP contribution >= 0.6 is 0 Å². The Labute approximate surface area is 143 Å². The van der Waals surface area contributed by atoms with Gasteiger partial charge in [0.1, 0.15) is 11.3 Å². The Bertz CT molecular complexity index is 477. The molecule has 0 aromatic carbocycles. The fraction of sp³-hybridized carbons (Fsp3) is 0.938. The molecule has 2 aliphatic heterocycles. The first-order valence-electron chi connectivity index (χ1n) is 8.71. The Morgan fingerprint density at radius 3 is 2.62 bits per heavy atom. The average molecular weight is 342 g/mol. The van der Waals surface area contributed by atoms with Crippen LogP contribution in [0.1, 0.15) is 41.0 Å². The highest BCUT2D eigenvalue weighted by Gasteiger charge is 2.38. The molecule has 0 saturated carbocycles. The molecule has 138 valence electrons. The van der Waals surface area contributed by atoms with E-state index in [4.69, 9.17) is 9.47 Å². The molecule has 2 fully saturated rings. The van der Waals surface area contributed by atoms with Gasteiger partial charge in [0.25, 0.3) is 5.96 Å². The molecule has 8 nitrogen and oxygen atoms in total. The van der Waals surface area contributed by atoms with Gasteiger partial charge in [0.15, 0.2) is 5.03 Å². The van der Waals surface area contributed by atoms with Crippen molar-refractivity contribution in [2.24, 2.45) is 16.9 Å². The summed E-state index contributed by atoms with van der Waals surface area (Å²) in [4.78, 5) is 15.0. The summed E-state index contributed by atoms with van der Waals surface area (Å²) in [5.41, 5.74) is -0.318. The minimum atomic E-state index is -0.612. The van der Waals surface area contributed by atoms with E-state index in [0.717, 1.165) is 26.1 Å². The van der Waals surface area contributed by atoms with E-state index in [0.29, 0.717) is 30.9 Å². The first-order chi connectivity index (χ1) is 11.2. The second-order valence-electron chi connectivity index (χ2n) is 7.65. The molecule has 0 spiro atoms. The van der Waals surface area contributed by atoms with Crippen molar-refractivity contribution in [2.45, 2.75) is 52.9 Å². The Balaban J connectivity index is 2.15. The number of ether oxygens (including phenoxy) is 2. The number of rotatable bonds is 6. The molecule has 2 heterocycles. The van der Waals surface area contributed by atoms with Gasteiger partial charge < -0.3 is 19.3 Å². The van der Waals surface area contributed by atoms with E-state index in [9.17, 15) is 10.1 Å². The van der Waals surface area contributed by atoms with Crippen molar-refractivity contribution in [3.05, 3.63) is 10.1 Å². The quantitative estimate of drug-likeness (QED) is 0.542. The van der Waals surface area contributed by atoms with Gasteiger partial charge in [0.05, 0.1) is 12.2 Å². The molecule has 0 bridgehead atoms. The molecular formula is C16H30N4O4. The van der Waals surface area contributed by atoms with Crippen LogP contribution in [0.25, 0.3) is 0 Å². The summed E-state index contributed by atoms with van der Waals surface area (Å²) in [7, 11) is 0. The molecular weight excluding hydrogens is 312 g/mol. The van der Waals surface area contributed by atoms with Crippen molar-refractivity contribution in [1.82, 2.24) is 9.80 Å². The molecule has 0 N–H and O–H groups in total. The summed E-state index contributed by atoms with van der Waals surface area (Å²) in [5, 5.41) is 14.1. The second-order valence-corrected chi connectivity index (χ2v) is 7.65. The topological polar surface area (TPSA) is 80.4 Å². The van der Waals surface area contributed by atoms with Gasteiger partial charge in [-0.2, -0.15) is 0 Å². The van der Waals surface area contributed by atoms with Crippen LogP contribution in [0.2, 0.25) is 0 Å². The van der Waals surface area contributed by atoms with Crippen LogP contribution in [0.3, 0.4) is 0 Å². The largest absolute Gasteiger partial charge is 0.381 e. The van der Waals surface area contributed by atoms with E-state index in [1.807, 2.05) is 37.5 Å². The van der Waals surface area contributed by atoms with E-state index >= 15 is 0 Å². The van der Waals surface area contributed by atoms with E-state index in [1.165, 1.54) is 0 Å². The van der Waals surface area contributed by atoms with Gasteiger partial charge in [-0.3, -0.25) is 0 Å². The Morgan fingerprint density at radius 2 is 2.12 bits per heavy atom. The molecule has 24 heavy (non-hydrogen) atoms. The van der Waals surface area contributed by atoms with Gasteiger partial charge in [-0.15, -0.1) is 0 Å². The van der Waals surface area contributed by atoms with Gasteiger partial charge in [-0.1, -0.05) is 13.8 Å². The number of nitrogens with zero attached hydrogens (tertiary/aromatic N) is 4. The zero-order valence-electron chi connectivity index (χ0n) is 15.4. The first kappa shape index (κ1) is 18.9. The maximum atomic E-state index is 11.0. The third-order valence-electron chi connectivity index (χ3n) is 4.48. The molecule has 2 saturated heterocycles. The highest BCUT2D eigenvalue weighted by atomic mass is 16.7. The first-order valence-corrected chi connectivity index (χ1v) is 8.71. The minimum absolute atomic E-state index is 0.217. The fourth-order valence-electron chi connectivity index (χ4n) is 3.25. The maximum Gasteiger partial charge on any atom is 0.276 e. The average Bonchev–Trinajstić information content (AvgIpc) is 3.03. The maximum absolute atomic E-state index is 11.0. The molecule has 0 aromatic heterocycles. The zero-order valence-corrected chi connectivity index (χ0v) is 15.4. The minimum Gasteiger partial charge on any atom is -0.381 e. The van der Waals surface area contributed by atoms with Gasteiger partial charge in [0.2, 0.25) is 0 Å². The van der Waals surface area contributed by atoms with Gasteiger partial charge in [-0.25, -0.2) is 10.1 Å². The Hall–Kier alpha value is -1.41. The highest BCUT2D eigenvalue weighted by Crippen LogP contribution is 2.25. The van der Waals surface area contributed by atoms with Gasteiger partial charge in [-0.05, 0) is 33.1 Å². The lowest BCUT2D eigenvalue weighted by Gasteiger charge is -2.34. The lowest BCUT2D eigenvalue weighted by molar-refractivity contribution is -0.486. The predicted molar refractivity (Wildman–Crippen MR) is 91.1 cm³/mol. The van der Waals surface area contributed by atoms with Crippen molar-refractivity contribution in [2.75, 3.05) is 32.8 Å². The summed E-state index contributed by atoms with van der Waals surface area (Å²) in [6.07, 6.45) is 0.524. The number of nitro groups is 1. The molecule has 0 amide bonds. The van der Waals surface area contributed by atoms with Crippen molar-refractivity contribution < 1.29 is 14.5 Å². The van der Waals surface area contributed by atoms with Crippen molar-refractivity contribution in [3.8, 4) is 0 Å². The van der Waals surface area contributed by atoms with Crippen LogP contribution in [-0.4, -0.2) is 65.5 Å². The lowest BCUT2D eigenvalue weighted by atomic mass is 9.98. The van der Waals surface area contributed by atoms with Crippen LogP contribution in [0, 0.1) is 22.0 Å². The molecule has 3 unspecified atom stereocenters. The van der Waals surface area contributed by atoms with Crippen LogP contribution in [0.15, 0.2) is 5.10 Å². The van der Waals surface area contributed by atoms with Crippen molar-refractivity contribution in [1.29, 1.82) is 0 Å². The van der Waals surface area contributed by atoms with Crippen molar-refractivity contribution >= 4 is 5.96 Å².